The van der Waals surface area contributed by atoms with E-state index in [4.69, 9.17) is 27.9 Å². The molecule has 122 valence electrons. The molecule has 2 N–H and O–H groups in total. The van der Waals surface area contributed by atoms with E-state index in [0.717, 1.165) is 39.4 Å². The van der Waals surface area contributed by atoms with Crippen LogP contribution in [0.4, 0.5) is 5.69 Å². The summed E-state index contributed by atoms with van der Waals surface area (Å²) in [5.74, 6) is -0.0805. The third-order valence-electron chi connectivity index (χ3n) is 3.44. The van der Waals surface area contributed by atoms with Crippen molar-refractivity contribution in [3.63, 3.8) is 0 Å². The standard InChI is InChI=1S/C15H21Cl2N3O2/c16-12-1-2-13(17)14(11-12)19-15(21)3-4-18-5-6-20-7-9-22-10-8-20/h1-2,11,18H,3-10H2,(H,19,21). The molecule has 1 amide bonds. The predicted molar refractivity (Wildman–Crippen MR) is 89.8 cm³/mol. The van der Waals surface area contributed by atoms with Crippen LogP contribution in [-0.2, 0) is 9.53 Å². The first-order chi connectivity index (χ1) is 10.6. The summed E-state index contributed by atoms with van der Waals surface area (Å²) >= 11 is 11.9. The van der Waals surface area contributed by atoms with Crippen LogP contribution < -0.4 is 10.6 Å². The van der Waals surface area contributed by atoms with E-state index in [2.05, 4.69) is 15.5 Å². The first kappa shape index (κ1) is 17.5. The molecule has 0 atom stereocenters. The number of morpholine rings is 1. The molecular weight excluding hydrogens is 325 g/mol. The number of amides is 1. The number of nitrogens with one attached hydrogen (secondary N) is 2. The minimum atomic E-state index is -0.0805. The van der Waals surface area contributed by atoms with Gasteiger partial charge in [-0.3, -0.25) is 9.69 Å². The highest BCUT2D eigenvalue weighted by molar-refractivity contribution is 6.35. The van der Waals surface area contributed by atoms with E-state index < -0.39 is 0 Å². The Kier molecular flexibility index (Phi) is 7.42. The predicted octanol–water partition coefficient (Wildman–Crippen LogP) is 2.24. The molecule has 0 aliphatic carbocycles. The van der Waals surface area contributed by atoms with Gasteiger partial charge in [-0.1, -0.05) is 23.2 Å². The first-order valence-corrected chi connectivity index (χ1v) is 8.16. The Morgan fingerprint density at radius 2 is 2.00 bits per heavy atom. The van der Waals surface area contributed by atoms with Gasteiger partial charge < -0.3 is 15.4 Å². The first-order valence-electron chi connectivity index (χ1n) is 7.41. The van der Waals surface area contributed by atoms with Crippen LogP contribution in [0, 0.1) is 0 Å². The molecule has 0 radical (unpaired) electrons. The van der Waals surface area contributed by atoms with Gasteiger partial charge in [-0.15, -0.1) is 0 Å². The molecule has 22 heavy (non-hydrogen) atoms. The van der Waals surface area contributed by atoms with Crippen LogP contribution in [0.2, 0.25) is 10.0 Å². The Labute approximate surface area is 140 Å². The van der Waals surface area contributed by atoms with Gasteiger partial charge >= 0.3 is 0 Å². The molecule has 1 aromatic rings. The smallest absolute Gasteiger partial charge is 0.225 e. The number of ether oxygens (including phenoxy) is 1. The van der Waals surface area contributed by atoms with Gasteiger partial charge in [-0.25, -0.2) is 0 Å². The van der Waals surface area contributed by atoms with Crippen LogP contribution >= 0.6 is 23.2 Å². The van der Waals surface area contributed by atoms with E-state index in [1.54, 1.807) is 18.2 Å². The topological polar surface area (TPSA) is 53.6 Å². The fourth-order valence-electron chi connectivity index (χ4n) is 2.19. The van der Waals surface area contributed by atoms with Crippen LogP contribution in [0.25, 0.3) is 0 Å². The molecule has 1 aliphatic heterocycles. The number of anilines is 1. The molecule has 5 nitrogen and oxygen atoms in total. The van der Waals surface area contributed by atoms with Crippen molar-refractivity contribution in [2.24, 2.45) is 0 Å². The molecule has 0 spiro atoms. The number of nitrogens with zero attached hydrogens (tertiary/aromatic N) is 1. The zero-order chi connectivity index (χ0) is 15.8. The van der Waals surface area contributed by atoms with E-state index >= 15 is 0 Å². The minimum absolute atomic E-state index is 0.0805. The second-order valence-electron chi connectivity index (χ2n) is 5.13. The van der Waals surface area contributed by atoms with Crippen molar-refractivity contribution in [2.45, 2.75) is 6.42 Å². The zero-order valence-electron chi connectivity index (χ0n) is 12.4. The van der Waals surface area contributed by atoms with Gasteiger partial charge in [0, 0.05) is 44.2 Å². The summed E-state index contributed by atoms with van der Waals surface area (Å²) in [7, 11) is 0. The number of carbonyl (C=O) groups is 1. The summed E-state index contributed by atoms with van der Waals surface area (Å²) in [6, 6.07) is 5.00. The van der Waals surface area contributed by atoms with E-state index in [0.29, 0.717) is 28.7 Å². The molecular formula is C15H21Cl2N3O2. The fourth-order valence-corrected chi connectivity index (χ4v) is 2.53. The van der Waals surface area contributed by atoms with E-state index in [1.165, 1.54) is 0 Å². The van der Waals surface area contributed by atoms with Crippen molar-refractivity contribution >= 4 is 34.8 Å². The number of carbonyl (C=O) groups excluding carboxylic acids is 1. The number of hydrogen-bond acceptors (Lipinski definition) is 4. The van der Waals surface area contributed by atoms with Gasteiger partial charge in [-0.05, 0) is 18.2 Å². The molecule has 2 rings (SSSR count). The van der Waals surface area contributed by atoms with Gasteiger partial charge in [0.15, 0.2) is 0 Å². The van der Waals surface area contributed by atoms with Crippen LogP contribution in [-0.4, -0.2) is 56.7 Å². The largest absolute Gasteiger partial charge is 0.379 e. The summed E-state index contributed by atoms with van der Waals surface area (Å²) in [6.45, 7) is 6.06. The number of rotatable bonds is 7. The van der Waals surface area contributed by atoms with Crippen molar-refractivity contribution in [1.82, 2.24) is 10.2 Å². The maximum atomic E-state index is 11.9. The third kappa shape index (κ3) is 6.10. The number of hydrogen-bond donors (Lipinski definition) is 2. The SMILES string of the molecule is O=C(CCNCCN1CCOCC1)Nc1cc(Cl)ccc1Cl. The number of halogens is 2. The lowest BCUT2D eigenvalue weighted by atomic mass is 10.3. The molecule has 1 aliphatic rings. The highest BCUT2D eigenvalue weighted by Crippen LogP contribution is 2.25. The summed E-state index contributed by atoms with van der Waals surface area (Å²) in [6.07, 6.45) is 0.395. The van der Waals surface area contributed by atoms with Gasteiger partial charge in [0.1, 0.15) is 0 Å². The summed E-state index contributed by atoms with van der Waals surface area (Å²) in [5, 5.41) is 7.07. The quantitative estimate of drug-likeness (QED) is 0.744. The summed E-state index contributed by atoms with van der Waals surface area (Å²) in [4.78, 5) is 14.2. The third-order valence-corrected chi connectivity index (χ3v) is 4.00. The van der Waals surface area contributed by atoms with Crippen LogP contribution in [0.3, 0.4) is 0 Å². The maximum Gasteiger partial charge on any atom is 0.225 e. The van der Waals surface area contributed by atoms with E-state index in [-0.39, 0.29) is 5.91 Å². The normalized spacial score (nSPS) is 15.7. The van der Waals surface area contributed by atoms with Crippen LogP contribution in [0.5, 0.6) is 0 Å². The number of benzene rings is 1. The molecule has 7 heteroatoms. The van der Waals surface area contributed by atoms with Gasteiger partial charge in [0.2, 0.25) is 5.91 Å². The molecule has 1 aromatic carbocycles. The monoisotopic (exact) mass is 345 g/mol. The Morgan fingerprint density at radius 3 is 2.77 bits per heavy atom. The molecule has 1 saturated heterocycles. The molecule has 0 saturated carbocycles. The molecule has 1 heterocycles. The lowest BCUT2D eigenvalue weighted by molar-refractivity contribution is -0.116. The Hall–Kier alpha value is -0.850. The average molecular weight is 346 g/mol. The summed E-state index contributed by atoms with van der Waals surface area (Å²) in [5.41, 5.74) is 0.549. The molecule has 1 fully saturated rings. The van der Waals surface area contributed by atoms with Gasteiger partial charge in [0.05, 0.1) is 23.9 Å². The van der Waals surface area contributed by atoms with Crippen molar-refractivity contribution in [1.29, 1.82) is 0 Å². The van der Waals surface area contributed by atoms with Crippen molar-refractivity contribution < 1.29 is 9.53 Å². The van der Waals surface area contributed by atoms with Gasteiger partial charge in [0.25, 0.3) is 0 Å². The second-order valence-corrected chi connectivity index (χ2v) is 5.97. The average Bonchev–Trinajstić information content (AvgIpc) is 2.51. The fraction of sp³-hybridized carbons (Fsp3) is 0.533. The summed E-state index contributed by atoms with van der Waals surface area (Å²) < 4.78 is 5.30. The second kappa shape index (κ2) is 9.33. The Morgan fingerprint density at radius 1 is 1.23 bits per heavy atom. The lowest BCUT2D eigenvalue weighted by Gasteiger charge is -2.26. The van der Waals surface area contributed by atoms with E-state index in [9.17, 15) is 4.79 Å². The highest BCUT2D eigenvalue weighted by Gasteiger charge is 2.09. The van der Waals surface area contributed by atoms with Crippen LogP contribution in [0.1, 0.15) is 6.42 Å². The van der Waals surface area contributed by atoms with Crippen LogP contribution in [0.15, 0.2) is 18.2 Å². The maximum absolute atomic E-state index is 11.9. The lowest BCUT2D eigenvalue weighted by Crippen LogP contribution is -2.40. The van der Waals surface area contributed by atoms with Crippen molar-refractivity contribution in [3.05, 3.63) is 28.2 Å². The zero-order valence-corrected chi connectivity index (χ0v) is 13.9. The Balaban J connectivity index is 1.60. The molecule has 0 aromatic heterocycles. The molecule has 0 unspecified atom stereocenters. The molecule has 0 bridgehead atoms. The van der Waals surface area contributed by atoms with Gasteiger partial charge in [-0.2, -0.15) is 0 Å². The van der Waals surface area contributed by atoms with E-state index in [1.807, 2.05) is 0 Å². The minimum Gasteiger partial charge on any atom is -0.379 e. The van der Waals surface area contributed by atoms with Crippen molar-refractivity contribution in [3.8, 4) is 0 Å². The van der Waals surface area contributed by atoms with Crippen molar-refractivity contribution in [2.75, 3.05) is 51.3 Å². The highest BCUT2D eigenvalue weighted by atomic mass is 35.5. The Bertz CT molecular complexity index is 494.